The number of amides is 1. The second-order valence-electron chi connectivity index (χ2n) is 5.85. The quantitative estimate of drug-likeness (QED) is 0.672. The van der Waals surface area contributed by atoms with Crippen LogP contribution in [0.5, 0.6) is 0 Å². The molecular weight excluding hydrogens is 314 g/mol. The predicted octanol–water partition coefficient (Wildman–Crippen LogP) is 3.43. The number of thiophene rings is 1. The van der Waals surface area contributed by atoms with Gasteiger partial charge in [-0.25, -0.2) is 9.97 Å². The lowest BCUT2D eigenvalue weighted by molar-refractivity contribution is -0.118. The number of nitrogens with one attached hydrogen (secondary N) is 1. The monoisotopic (exact) mass is 335 g/mol. The number of thioether (sulfide) groups is 1. The van der Waals surface area contributed by atoms with Crippen molar-refractivity contribution in [2.75, 3.05) is 12.3 Å². The van der Waals surface area contributed by atoms with Crippen molar-refractivity contribution in [2.45, 2.75) is 44.6 Å². The van der Waals surface area contributed by atoms with Crippen LogP contribution in [0.25, 0.3) is 10.2 Å². The summed E-state index contributed by atoms with van der Waals surface area (Å²) < 4.78 is 0. The number of rotatable bonds is 5. The summed E-state index contributed by atoms with van der Waals surface area (Å²) in [6.45, 7) is 5.11. The molecule has 0 unspecified atom stereocenters. The highest BCUT2D eigenvalue weighted by Gasteiger charge is 2.23. The van der Waals surface area contributed by atoms with Gasteiger partial charge in [-0.15, -0.1) is 11.3 Å². The number of fused-ring (bicyclic) bond motifs is 3. The van der Waals surface area contributed by atoms with Crippen LogP contribution in [0, 0.1) is 5.92 Å². The van der Waals surface area contributed by atoms with E-state index in [-0.39, 0.29) is 5.91 Å². The van der Waals surface area contributed by atoms with E-state index in [1.54, 1.807) is 17.7 Å². The van der Waals surface area contributed by atoms with Gasteiger partial charge in [0.2, 0.25) is 5.91 Å². The lowest BCUT2D eigenvalue weighted by atomic mass is 9.89. The Hall–Kier alpha value is -1.14. The van der Waals surface area contributed by atoms with Gasteiger partial charge in [0, 0.05) is 16.8 Å². The van der Waals surface area contributed by atoms with Gasteiger partial charge in [0.05, 0.1) is 5.75 Å². The highest BCUT2D eigenvalue weighted by Crippen LogP contribution is 2.40. The fourth-order valence-corrected chi connectivity index (χ4v) is 5.08. The average Bonchev–Trinajstić information content (AvgIpc) is 2.88. The van der Waals surface area contributed by atoms with Gasteiger partial charge in [0.15, 0.2) is 0 Å². The van der Waals surface area contributed by atoms with Gasteiger partial charge < -0.3 is 5.32 Å². The minimum atomic E-state index is 0.0799. The molecule has 6 heteroatoms. The van der Waals surface area contributed by atoms with E-state index in [0.29, 0.717) is 5.75 Å². The fourth-order valence-electron chi connectivity index (χ4n) is 2.80. The van der Waals surface area contributed by atoms with Gasteiger partial charge in [-0.1, -0.05) is 25.6 Å². The lowest BCUT2D eigenvalue weighted by Gasteiger charge is -2.18. The van der Waals surface area contributed by atoms with E-state index >= 15 is 0 Å². The van der Waals surface area contributed by atoms with Gasteiger partial charge in [-0.3, -0.25) is 4.79 Å². The predicted molar refractivity (Wildman–Crippen MR) is 92.6 cm³/mol. The summed E-state index contributed by atoms with van der Waals surface area (Å²) in [5.41, 5.74) is 1.43. The Labute approximate surface area is 139 Å². The van der Waals surface area contributed by atoms with Crippen molar-refractivity contribution in [1.82, 2.24) is 15.3 Å². The fraction of sp³-hybridized carbons (Fsp3) is 0.562. The van der Waals surface area contributed by atoms with Crippen molar-refractivity contribution in [2.24, 2.45) is 5.92 Å². The molecule has 0 bridgehead atoms. The highest BCUT2D eigenvalue weighted by atomic mass is 32.2. The SMILES string of the molecule is CCCNC(=O)CSc1ncnc2sc3c(c12)CC[C@H](C)C3. The molecule has 2 heterocycles. The molecule has 0 radical (unpaired) electrons. The minimum absolute atomic E-state index is 0.0799. The van der Waals surface area contributed by atoms with E-state index in [0.717, 1.165) is 41.6 Å². The van der Waals surface area contributed by atoms with Crippen LogP contribution in [-0.4, -0.2) is 28.2 Å². The van der Waals surface area contributed by atoms with Gasteiger partial charge in [0.1, 0.15) is 16.2 Å². The molecule has 1 N–H and O–H groups in total. The molecule has 0 aromatic carbocycles. The topological polar surface area (TPSA) is 54.9 Å². The number of hydrogen-bond donors (Lipinski definition) is 1. The summed E-state index contributed by atoms with van der Waals surface area (Å²) in [6, 6.07) is 0. The maximum Gasteiger partial charge on any atom is 0.230 e. The van der Waals surface area contributed by atoms with Gasteiger partial charge in [0.25, 0.3) is 0 Å². The van der Waals surface area contributed by atoms with Crippen molar-refractivity contribution in [3.63, 3.8) is 0 Å². The van der Waals surface area contributed by atoms with E-state index in [1.165, 1.54) is 34.0 Å². The molecule has 0 saturated carbocycles. The van der Waals surface area contributed by atoms with Crippen LogP contribution in [0.3, 0.4) is 0 Å². The zero-order chi connectivity index (χ0) is 15.5. The molecule has 118 valence electrons. The summed E-state index contributed by atoms with van der Waals surface area (Å²) >= 11 is 3.33. The smallest absolute Gasteiger partial charge is 0.230 e. The van der Waals surface area contributed by atoms with Gasteiger partial charge in [-0.05, 0) is 37.2 Å². The molecule has 0 fully saturated rings. The molecule has 2 aromatic rings. The number of carbonyl (C=O) groups is 1. The van der Waals surface area contributed by atoms with Crippen molar-refractivity contribution in [1.29, 1.82) is 0 Å². The molecular formula is C16H21N3OS2. The number of aromatic nitrogens is 2. The van der Waals surface area contributed by atoms with Gasteiger partial charge >= 0.3 is 0 Å². The first kappa shape index (κ1) is 15.7. The second kappa shape index (κ2) is 6.96. The molecule has 1 aliphatic carbocycles. The molecule has 0 aliphatic heterocycles. The van der Waals surface area contributed by atoms with Crippen LogP contribution in [0.1, 0.15) is 37.1 Å². The van der Waals surface area contributed by atoms with Crippen LogP contribution in [0.2, 0.25) is 0 Å². The molecule has 0 spiro atoms. The normalized spacial score (nSPS) is 17.5. The molecule has 1 aliphatic rings. The molecule has 3 rings (SSSR count). The largest absolute Gasteiger partial charge is 0.355 e. The third-order valence-corrected chi connectivity index (χ3v) is 6.12. The summed E-state index contributed by atoms with van der Waals surface area (Å²) in [7, 11) is 0. The van der Waals surface area contributed by atoms with E-state index < -0.39 is 0 Å². The maximum absolute atomic E-state index is 11.8. The summed E-state index contributed by atoms with van der Waals surface area (Å²) in [5.74, 6) is 1.26. The van der Waals surface area contributed by atoms with E-state index in [2.05, 4.69) is 29.1 Å². The van der Waals surface area contributed by atoms with Crippen LogP contribution in [-0.2, 0) is 17.6 Å². The number of carbonyl (C=O) groups excluding carboxylic acids is 1. The minimum Gasteiger partial charge on any atom is -0.355 e. The molecule has 0 saturated heterocycles. The van der Waals surface area contributed by atoms with E-state index in [9.17, 15) is 4.79 Å². The Morgan fingerprint density at radius 2 is 2.36 bits per heavy atom. The Balaban J connectivity index is 1.82. The molecule has 1 atom stereocenters. The third-order valence-electron chi connectivity index (χ3n) is 3.97. The first-order chi connectivity index (χ1) is 10.7. The van der Waals surface area contributed by atoms with Gasteiger partial charge in [-0.2, -0.15) is 0 Å². The number of aryl methyl sites for hydroxylation is 1. The first-order valence-corrected chi connectivity index (χ1v) is 9.64. The third kappa shape index (κ3) is 3.27. The Morgan fingerprint density at radius 1 is 1.50 bits per heavy atom. The summed E-state index contributed by atoms with van der Waals surface area (Å²) in [4.78, 5) is 23.2. The van der Waals surface area contributed by atoms with Crippen LogP contribution in [0.4, 0.5) is 0 Å². The average molecular weight is 335 g/mol. The Morgan fingerprint density at radius 3 is 3.18 bits per heavy atom. The molecule has 4 nitrogen and oxygen atoms in total. The van der Waals surface area contributed by atoms with Crippen LogP contribution >= 0.6 is 23.1 Å². The zero-order valence-electron chi connectivity index (χ0n) is 13.0. The van der Waals surface area contributed by atoms with Crippen molar-refractivity contribution >= 4 is 39.2 Å². The molecule has 1 amide bonds. The first-order valence-electron chi connectivity index (χ1n) is 7.83. The maximum atomic E-state index is 11.8. The molecule has 2 aromatic heterocycles. The lowest BCUT2D eigenvalue weighted by Crippen LogP contribution is -2.25. The summed E-state index contributed by atoms with van der Waals surface area (Å²) in [6.07, 6.45) is 6.08. The summed E-state index contributed by atoms with van der Waals surface area (Å²) in [5, 5.41) is 5.07. The molecule has 22 heavy (non-hydrogen) atoms. The standard InChI is InChI=1S/C16H21N3OS2/c1-3-6-17-13(20)8-21-15-14-11-5-4-10(2)7-12(11)22-16(14)19-9-18-15/h9-10H,3-8H2,1-2H3,(H,17,20)/t10-/m0/s1. The Kier molecular flexibility index (Phi) is 4.98. The second-order valence-corrected chi connectivity index (χ2v) is 7.90. The Bertz CT molecular complexity index is 683. The highest BCUT2D eigenvalue weighted by molar-refractivity contribution is 8.00. The zero-order valence-corrected chi connectivity index (χ0v) is 14.6. The van der Waals surface area contributed by atoms with Crippen molar-refractivity contribution in [3.8, 4) is 0 Å². The van der Waals surface area contributed by atoms with Crippen molar-refractivity contribution in [3.05, 3.63) is 16.8 Å². The van der Waals surface area contributed by atoms with Crippen LogP contribution in [0.15, 0.2) is 11.4 Å². The van der Waals surface area contributed by atoms with Crippen LogP contribution < -0.4 is 5.32 Å². The number of hydrogen-bond acceptors (Lipinski definition) is 5. The van der Waals surface area contributed by atoms with Crippen molar-refractivity contribution < 1.29 is 4.79 Å². The van der Waals surface area contributed by atoms with E-state index in [1.807, 2.05) is 0 Å². The van der Waals surface area contributed by atoms with E-state index in [4.69, 9.17) is 0 Å². The number of nitrogens with zero attached hydrogens (tertiary/aromatic N) is 2.